The molecule has 0 amide bonds. The van der Waals surface area contributed by atoms with Crippen LogP contribution in [0.5, 0.6) is 0 Å². The minimum atomic E-state index is -1.26. The predicted molar refractivity (Wildman–Crippen MR) is 56.1 cm³/mol. The van der Waals surface area contributed by atoms with Gasteiger partial charge >= 0.3 is 5.97 Å². The monoisotopic (exact) mass is 205 g/mol. The van der Waals surface area contributed by atoms with E-state index < -0.39 is 11.8 Å². The summed E-state index contributed by atoms with van der Waals surface area (Å²) < 4.78 is 0. The van der Waals surface area contributed by atoms with E-state index in [2.05, 4.69) is 0 Å². The number of hydrogen-bond donors (Lipinski definition) is 2. The van der Waals surface area contributed by atoms with Crippen molar-refractivity contribution < 1.29 is 14.7 Å². The summed E-state index contributed by atoms with van der Waals surface area (Å²) in [6, 6.07) is 8.76. The fourth-order valence-corrected chi connectivity index (χ4v) is 1.09. The maximum atomic E-state index is 11.2. The number of nitrogens with two attached hydrogens (primary N) is 1. The van der Waals surface area contributed by atoms with E-state index in [4.69, 9.17) is 10.8 Å². The molecule has 15 heavy (non-hydrogen) atoms. The first-order valence-corrected chi connectivity index (χ1v) is 4.38. The van der Waals surface area contributed by atoms with E-state index in [-0.39, 0.29) is 12.1 Å². The Balaban J connectivity index is 3.05. The molecule has 0 heterocycles. The Hall–Kier alpha value is -1.94. The molecular weight excluding hydrogens is 194 g/mol. The highest BCUT2D eigenvalue weighted by atomic mass is 16.4. The van der Waals surface area contributed by atoms with E-state index >= 15 is 0 Å². The van der Waals surface area contributed by atoms with Crippen LogP contribution in [0, 0.1) is 0 Å². The van der Waals surface area contributed by atoms with Crippen LogP contribution in [-0.4, -0.2) is 23.4 Å². The van der Waals surface area contributed by atoms with Crippen LogP contribution in [0.25, 0.3) is 6.08 Å². The lowest BCUT2D eigenvalue weighted by atomic mass is 10.1. The Morgan fingerprint density at radius 2 is 1.87 bits per heavy atom. The van der Waals surface area contributed by atoms with Crippen molar-refractivity contribution in [2.24, 2.45) is 5.73 Å². The first-order chi connectivity index (χ1) is 7.15. The van der Waals surface area contributed by atoms with Gasteiger partial charge in [-0.05, 0) is 11.6 Å². The van der Waals surface area contributed by atoms with Gasteiger partial charge in [0.05, 0.1) is 6.54 Å². The van der Waals surface area contributed by atoms with Crippen molar-refractivity contribution in [3.63, 3.8) is 0 Å². The smallest absolute Gasteiger partial charge is 0.339 e. The van der Waals surface area contributed by atoms with Gasteiger partial charge in [-0.3, -0.25) is 4.79 Å². The molecule has 0 radical (unpaired) electrons. The van der Waals surface area contributed by atoms with E-state index in [9.17, 15) is 9.59 Å². The van der Waals surface area contributed by atoms with Crippen LogP contribution in [0.4, 0.5) is 0 Å². The molecule has 0 atom stereocenters. The molecular formula is C11H11NO3. The van der Waals surface area contributed by atoms with E-state index in [1.807, 2.05) is 6.07 Å². The number of carboxylic acids is 1. The second-order valence-electron chi connectivity index (χ2n) is 2.90. The highest BCUT2D eigenvalue weighted by molar-refractivity contribution is 6.20. The number of carbonyl (C=O) groups is 2. The molecule has 0 aliphatic carbocycles. The molecule has 0 fully saturated rings. The Morgan fingerprint density at radius 1 is 1.27 bits per heavy atom. The molecule has 1 rings (SSSR count). The zero-order valence-electron chi connectivity index (χ0n) is 8.01. The Kier molecular flexibility index (Phi) is 3.76. The Labute approximate surface area is 87.0 Å². The van der Waals surface area contributed by atoms with Gasteiger partial charge in [0.2, 0.25) is 0 Å². The minimum absolute atomic E-state index is 0.288. The van der Waals surface area contributed by atoms with Crippen molar-refractivity contribution in [3.8, 4) is 0 Å². The summed E-state index contributed by atoms with van der Waals surface area (Å²) in [7, 11) is 0. The van der Waals surface area contributed by atoms with Gasteiger partial charge in [0.15, 0.2) is 5.78 Å². The third-order valence-corrected chi connectivity index (χ3v) is 1.83. The molecule has 78 valence electrons. The van der Waals surface area contributed by atoms with Gasteiger partial charge in [0.25, 0.3) is 0 Å². The largest absolute Gasteiger partial charge is 0.478 e. The number of ketones is 1. The van der Waals surface area contributed by atoms with Crippen LogP contribution < -0.4 is 5.73 Å². The molecule has 0 aromatic heterocycles. The van der Waals surface area contributed by atoms with Gasteiger partial charge in [0, 0.05) is 0 Å². The van der Waals surface area contributed by atoms with E-state index in [1.165, 1.54) is 6.08 Å². The second kappa shape index (κ2) is 5.07. The molecule has 0 spiro atoms. The van der Waals surface area contributed by atoms with E-state index in [0.717, 1.165) is 0 Å². The molecule has 1 aromatic carbocycles. The number of Topliss-reactive ketones (excluding diaryl/α,β-unsaturated/α-hetero) is 1. The first kappa shape index (κ1) is 11.1. The SMILES string of the molecule is NCC(=O)C(=Cc1ccccc1)C(=O)O. The molecule has 4 nitrogen and oxygen atoms in total. The minimum Gasteiger partial charge on any atom is -0.478 e. The topological polar surface area (TPSA) is 80.4 Å². The van der Waals surface area contributed by atoms with E-state index in [0.29, 0.717) is 5.56 Å². The highest BCUT2D eigenvalue weighted by Gasteiger charge is 2.15. The van der Waals surface area contributed by atoms with Crippen molar-refractivity contribution in [1.29, 1.82) is 0 Å². The summed E-state index contributed by atoms with van der Waals surface area (Å²) in [5.74, 6) is -1.83. The number of benzene rings is 1. The Morgan fingerprint density at radius 3 is 2.33 bits per heavy atom. The summed E-state index contributed by atoms with van der Waals surface area (Å²) in [6.45, 7) is -0.301. The number of carbonyl (C=O) groups excluding carboxylic acids is 1. The molecule has 0 saturated carbocycles. The zero-order chi connectivity index (χ0) is 11.3. The van der Waals surface area contributed by atoms with Crippen molar-refractivity contribution in [3.05, 3.63) is 41.5 Å². The van der Waals surface area contributed by atoms with Crippen molar-refractivity contribution >= 4 is 17.8 Å². The number of rotatable bonds is 4. The maximum absolute atomic E-state index is 11.2. The van der Waals surface area contributed by atoms with E-state index in [1.54, 1.807) is 24.3 Å². The van der Waals surface area contributed by atoms with Crippen molar-refractivity contribution in [2.75, 3.05) is 6.54 Å². The lowest BCUT2D eigenvalue weighted by molar-refractivity contribution is -0.134. The quantitative estimate of drug-likeness (QED) is 0.430. The average Bonchev–Trinajstić information content (AvgIpc) is 2.26. The molecule has 0 bridgehead atoms. The molecule has 0 saturated heterocycles. The van der Waals surface area contributed by atoms with Crippen LogP contribution in [0.2, 0.25) is 0 Å². The third-order valence-electron chi connectivity index (χ3n) is 1.83. The van der Waals surface area contributed by atoms with Gasteiger partial charge in [-0.15, -0.1) is 0 Å². The first-order valence-electron chi connectivity index (χ1n) is 4.38. The van der Waals surface area contributed by atoms with Crippen molar-refractivity contribution in [1.82, 2.24) is 0 Å². The van der Waals surface area contributed by atoms with Crippen molar-refractivity contribution in [2.45, 2.75) is 0 Å². The summed E-state index contributed by atoms with van der Waals surface area (Å²) >= 11 is 0. The van der Waals surface area contributed by atoms with Crippen LogP contribution in [-0.2, 0) is 9.59 Å². The molecule has 0 aliphatic heterocycles. The lowest BCUT2D eigenvalue weighted by Gasteiger charge is -1.99. The van der Waals surface area contributed by atoms with Crippen LogP contribution in [0.1, 0.15) is 5.56 Å². The van der Waals surface area contributed by atoms with Gasteiger partial charge in [0.1, 0.15) is 5.57 Å². The third kappa shape index (κ3) is 3.03. The van der Waals surface area contributed by atoms with Gasteiger partial charge in [-0.1, -0.05) is 30.3 Å². The summed E-state index contributed by atoms with van der Waals surface area (Å²) in [5, 5.41) is 8.79. The van der Waals surface area contributed by atoms with Gasteiger partial charge in [-0.25, -0.2) is 4.79 Å². The maximum Gasteiger partial charge on any atom is 0.339 e. The van der Waals surface area contributed by atoms with Gasteiger partial charge in [-0.2, -0.15) is 0 Å². The predicted octanol–water partition coefficient (Wildman–Crippen LogP) is 0.682. The van der Waals surface area contributed by atoms with Crippen LogP contribution >= 0.6 is 0 Å². The number of carboxylic acid groups (broad SMARTS) is 1. The molecule has 4 heteroatoms. The summed E-state index contributed by atoms with van der Waals surface area (Å²) in [5.41, 5.74) is 5.49. The second-order valence-corrected chi connectivity index (χ2v) is 2.90. The Bertz CT molecular complexity index is 396. The van der Waals surface area contributed by atoms with Gasteiger partial charge < -0.3 is 10.8 Å². The summed E-state index contributed by atoms with van der Waals surface area (Å²) in [4.78, 5) is 21.9. The molecule has 3 N–H and O–H groups in total. The van der Waals surface area contributed by atoms with Crippen LogP contribution in [0.3, 0.4) is 0 Å². The van der Waals surface area contributed by atoms with Crippen LogP contribution in [0.15, 0.2) is 35.9 Å². The highest BCUT2D eigenvalue weighted by Crippen LogP contribution is 2.07. The standard InChI is InChI=1S/C11H11NO3/c12-7-10(13)9(11(14)15)6-8-4-2-1-3-5-8/h1-6H,7,12H2,(H,14,15). The summed E-state index contributed by atoms with van der Waals surface area (Å²) in [6.07, 6.45) is 1.32. The number of aliphatic carboxylic acids is 1. The zero-order valence-corrected chi connectivity index (χ0v) is 8.01. The molecule has 0 unspecified atom stereocenters. The fourth-order valence-electron chi connectivity index (χ4n) is 1.09. The normalized spacial score (nSPS) is 11.1. The molecule has 0 aliphatic rings. The fraction of sp³-hybridized carbons (Fsp3) is 0.0909. The lowest BCUT2D eigenvalue weighted by Crippen LogP contribution is -2.20. The number of hydrogen-bond acceptors (Lipinski definition) is 3. The molecule has 1 aromatic rings. The average molecular weight is 205 g/mol.